The molecule has 27 heavy (non-hydrogen) atoms. The highest BCUT2D eigenvalue weighted by Gasteiger charge is 2.10. The summed E-state index contributed by atoms with van der Waals surface area (Å²) in [4.78, 5) is 23.0. The van der Waals surface area contributed by atoms with Gasteiger partial charge in [-0.2, -0.15) is 0 Å². The van der Waals surface area contributed by atoms with Crippen molar-refractivity contribution < 1.29 is 32.6 Å². The largest absolute Gasteiger partial charge is 0.493 e. The first kappa shape index (κ1) is 19.8. The van der Waals surface area contributed by atoms with E-state index in [1.165, 1.54) is 38.5 Å². The van der Waals surface area contributed by atoms with Crippen molar-refractivity contribution in [2.24, 2.45) is 0 Å². The van der Waals surface area contributed by atoms with E-state index < -0.39 is 23.6 Å². The normalized spacial score (nSPS) is 11.0. The van der Waals surface area contributed by atoms with Crippen molar-refractivity contribution in [3.8, 4) is 11.5 Å². The Morgan fingerprint density at radius 2 is 1.56 bits per heavy atom. The molecular formula is C20H16F2O5. The summed E-state index contributed by atoms with van der Waals surface area (Å²) in [5.74, 6) is -2.60. The van der Waals surface area contributed by atoms with E-state index in [0.29, 0.717) is 5.56 Å². The molecule has 0 unspecified atom stereocenters. The number of ether oxygens (including phenoxy) is 3. The Bertz CT molecular complexity index is 883. The fraction of sp³-hybridized carbons (Fsp3) is 0.100. The summed E-state index contributed by atoms with van der Waals surface area (Å²) in [7, 11) is 2.64. The zero-order chi connectivity index (χ0) is 19.8. The summed E-state index contributed by atoms with van der Waals surface area (Å²) in [6.07, 6.45) is 4.63. The van der Waals surface area contributed by atoms with Gasteiger partial charge >= 0.3 is 11.9 Å². The molecule has 140 valence electrons. The van der Waals surface area contributed by atoms with E-state index >= 15 is 0 Å². The number of rotatable bonds is 6. The minimum atomic E-state index is -0.839. The van der Waals surface area contributed by atoms with Crippen molar-refractivity contribution in [1.29, 1.82) is 0 Å². The first-order chi connectivity index (χ1) is 12.9. The Labute approximate surface area is 154 Å². The summed E-state index contributed by atoms with van der Waals surface area (Å²) in [6.45, 7) is 0. The molecule has 0 saturated heterocycles. The molecule has 2 aromatic carbocycles. The summed E-state index contributed by atoms with van der Waals surface area (Å²) in [5.41, 5.74) is 0.269. The number of halogens is 2. The van der Waals surface area contributed by atoms with E-state index in [2.05, 4.69) is 4.74 Å². The topological polar surface area (TPSA) is 61.8 Å². The highest BCUT2D eigenvalue weighted by atomic mass is 19.1. The van der Waals surface area contributed by atoms with Crippen molar-refractivity contribution in [3.63, 3.8) is 0 Å². The summed E-state index contributed by atoms with van der Waals surface area (Å²) >= 11 is 0. The lowest BCUT2D eigenvalue weighted by Gasteiger charge is -2.08. The van der Waals surface area contributed by atoms with Crippen LogP contribution in [-0.2, 0) is 14.3 Å². The van der Waals surface area contributed by atoms with Gasteiger partial charge in [0.25, 0.3) is 0 Å². The van der Waals surface area contributed by atoms with Crippen LogP contribution in [0.15, 0.2) is 48.6 Å². The van der Waals surface area contributed by atoms with Crippen LogP contribution in [0.3, 0.4) is 0 Å². The molecular weight excluding hydrogens is 358 g/mol. The first-order valence-electron chi connectivity index (χ1n) is 7.72. The van der Waals surface area contributed by atoms with Crippen LogP contribution in [0.1, 0.15) is 11.1 Å². The van der Waals surface area contributed by atoms with Crippen LogP contribution >= 0.6 is 0 Å². The summed E-state index contributed by atoms with van der Waals surface area (Å²) in [6, 6.07) is 7.98. The smallest absolute Gasteiger partial charge is 0.336 e. The first-order valence-corrected chi connectivity index (χ1v) is 7.72. The van der Waals surface area contributed by atoms with Gasteiger partial charge < -0.3 is 14.2 Å². The Morgan fingerprint density at radius 3 is 2.19 bits per heavy atom. The summed E-state index contributed by atoms with van der Waals surface area (Å²) in [5, 5.41) is 0. The molecule has 0 atom stereocenters. The minimum absolute atomic E-state index is 0.108. The fourth-order valence-corrected chi connectivity index (χ4v) is 2.07. The predicted octanol–water partition coefficient (Wildman–Crippen LogP) is 3.78. The van der Waals surface area contributed by atoms with Crippen LogP contribution in [0.25, 0.3) is 12.2 Å². The van der Waals surface area contributed by atoms with Crippen LogP contribution in [0.2, 0.25) is 0 Å². The maximum absolute atomic E-state index is 13.5. The quantitative estimate of drug-likeness (QED) is 0.438. The maximum Gasteiger partial charge on any atom is 0.336 e. The average Bonchev–Trinajstić information content (AvgIpc) is 2.66. The molecule has 0 saturated carbocycles. The van der Waals surface area contributed by atoms with Gasteiger partial charge in [0.15, 0.2) is 11.5 Å². The molecule has 5 nitrogen and oxygen atoms in total. The van der Waals surface area contributed by atoms with Crippen LogP contribution in [0, 0.1) is 11.6 Å². The van der Waals surface area contributed by atoms with Crippen LogP contribution in [0.5, 0.6) is 11.5 Å². The molecule has 0 spiro atoms. The zero-order valence-electron chi connectivity index (χ0n) is 14.6. The Hall–Kier alpha value is -3.48. The predicted molar refractivity (Wildman–Crippen MR) is 95.1 cm³/mol. The van der Waals surface area contributed by atoms with E-state index in [1.807, 2.05) is 0 Å². The van der Waals surface area contributed by atoms with E-state index in [9.17, 15) is 18.4 Å². The van der Waals surface area contributed by atoms with E-state index in [4.69, 9.17) is 9.47 Å². The SMILES string of the molecule is COC(=O)/C=C/c1ccc(OC(=O)/C=C/c2c(F)cccc2F)c(OC)c1. The third-order valence-electron chi connectivity index (χ3n) is 3.40. The van der Waals surface area contributed by atoms with Gasteiger partial charge in [0.1, 0.15) is 11.6 Å². The van der Waals surface area contributed by atoms with Crippen LogP contribution in [0.4, 0.5) is 8.78 Å². The molecule has 7 heteroatoms. The Morgan fingerprint density at radius 1 is 0.889 bits per heavy atom. The van der Waals surface area contributed by atoms with Crippen LogP contribution in [-0.4, -0.2) is 26.2 Å². The molecule has 0 fully saturated rings. The van der Waals surface area contributed by atoms with Gasteiger partial charge in [-0.3, -0.25) is 0 Å². The minimum Gasteiger partial charge on any atom is -0.493 e. The number of benzene rings is 2. The number of carbonyl (C=O) groups excluding carboxylic acids is 2. The van der Waals surface area contributed by atoms with Gasteiger partial charge in [0.05, 0.1) is 14.2 Å². The van der Waals surface area contributed by atoms with Gasteiger partial charge in [-0.15, -0.1) is 0 Å². The van der Waals surface area contributed by atoms with Crippen molar-refractivity contribution in [1.82, 2.24) is 0 Å². The average molecular weight is 374 g/mol. The number of esters is 2. The highest BCUT2D eigenvalue weighted by molar-refractivity contribution is 5.89. The summed E-state index contributed by atoms with van der Waals surface area (Å²) < 4.78 is 41.9. The highest BCUT2D eigenvalue weighted by Crippen LogP contribution is 2.29. The number of carbonyl (C=O) groups is 2. The van der Waals surface area contributed by atoms with E-state index in [1.54, 1.807) is 12.1 Å². The molecule has 2 aromatic rings. The molecule has 0 bridgehead atoms. The molecule has 0 heterocycles. The van der Waals surface area contributed by atoms with Gasteiger partial charge in [0.2, 0.25) is 0 Å². The number of hydrogen-bond acceptors (Lipinski definition) is 5. The monoisotopic (exact) mass is 374 g/mol. The van der Waals surface area contributed by atoms with Crippen molar-refractivity contribution in [2.45, 2.75) is 0 Å². The zero-order valence-corrected chi connectivity index (χ0v) is 14.6. The van der Waals surface area contributed by atoms with Gasteiger partial charge in [-0.25, -0.2) is 18.4 Å². The molecule has 0 aliphatic heterocycles. The standard InChI is InChI=1S/C20H16F2O5/c1-25-18-12-13(7-10-19(23)26-2)6-9-17(18)27-20(24)11-8-14-15(21)4-3-5-16(14)22/h3-12H,1-2H3/b10-7+,11-8+. The third-order valence-corrected chi connectivity index (χ3v) is 3.40. The molecule has 0 aliphatic carbocycles. The van der Waals surface area contributed by atoms with Crippen molar-refractivity contribution in [3.05, 3.63) is 71.3 Å². The Kier molecular flexibility index (Phi) is 6.82. The van der Waals surface area contributed by atoms with E-state index in [-0.39, 0.29) is 17.1 Å². The molecule has 2 rings (SSSR count). The number of methoxy groups -OCH3 is 2. The molecule has 0 aliphatic rings. The van der Waals surface area contributed by atoms with Crippen LogP contribution < -0.4 is 9.47 Å². The molecule has 0 radical (unpaired) electrons. The Balaban J connectivity index is 2.14. The second-order valence-corrected chi connectivity index (χ2v) is 5.16. The second-order valence-electron chi connectivity index (χ2n) is 5.16. The lowest BCUT2D eigenvalue weighted by atomic mass is 10.2. The molecule has 0 amide bonds. The van der Waals surface area contributed by atoms with Crippen molar-refractivity contribution >= 4 is 24.1 Å². The maximum atomic E-state index is 13.5. The van der Waals surface area contributed by atoms with Gasteiger partial charge in [0, 0.05) is 17.7 Å². The van der Waals surface area contributed by atoms with Gasteiger partial charge in [-0.05, 0) is 42.0 Å². The fourth-order valence-electron chi connectivity index (χ4n) is 2.07. The van der Waals surface area contributed by atoms with E-state index in [0.717, 1.165) is 24.3 Å². The number of hydrogen-bond donors (Lipinski definition) is 0. The molecule has 0 N–H and O–H groups in total. The molecule has 0 aromatic heterocycles. The lowest BCUT2D eigenvalue weighted by molar-refractivity contribution is -0.134. The van der Waals surface area contributed by atoms with Gasteiger partial charge in [-0.1, -0.05) is 12.1 Å². The van der Waals surface area contributed by atoms with Crippen molar-refractivity contribution in [2.75, 3.05) is 14.2 Å². The second kappa shape index (κ2) is 9.28. The lowest BCUT2D eigenvalue weighted by Crippen LogP contribution is -2.05. The third kappa shape index (κ3) is 5.50.